The van der Waals surface area contributed by atoms with Crippen molar-refractivity contribution in [2.75, 3.05) is 13.1 Å². The highest BCUT2D eigenvalue weighted by atomic mass is 32.2. The average molecular weight is 381 g/mol. The van der Waals surface area contributed by atoms with Gasteiger partial charge in [-0.25, -0.2) is 22.9 Å². The number of benzene rings is 1. The number of aromatic amines is 1. The van der Waals surface area contributed by atoms with Crippen molar-refractivity contribution in [1.82, 2.24) is 25.3 Å². The molecule has 10 heteroatoms. The number of amides is 1. The second-order valence-corrected chi connectivity index (χ2v) is 7.39. The number of hydrogen-bond donors (Lipinski definition) is 5. The van der Waals surface area contributed by atoms with Gasteiger partial charge in [0.2, 0.25) is 10.0 Å². The van der Waals surface area contributed by atoms with Crippen LogP contribution in [0.15, 0.2) is 41.6 Å². The fraction of sp³-hybridized carbons (Fsp3) is 0.375. The lowest BCUT2D eigenvalue weighted by Gasteiger charge is -2.08. The van der Waals surface area contributed by atoms with E-state index in [0.717, 1.165) is 11.4 Å². The minimum Gasteiger partial charge on any atom is -0.465 e. The molecule has 1 aromatic heterocycles. The first-order chi connectivity index (χ1) is 12.5. The van der Waals surface area contributed by atoms with Gasteiger partial charge in [-0.05, 0) is 30.5 Å². The van der Waals surface area contributed by atoms with Crippen molar-refractivity contribution in [3.8, 4) is 0 Å². The third-order valence-corrected chi connectivity index (χ3v) is 5.06. The molecule has 0 aliphatic rings. The standard InChI is InChI=1S/C16H23N5O4S/c22-16(23)20-7-1-2-8-21-26(24,25)14-5-3-13(4-6-14)11-17-12-15-18-9-10-19-15/h3-6,9-10,17,20-21H,1-2,7-8,11-12H2,(H,18,19)(H,22,23). The Morgan fingerprint density at radius 1 is 1.12 bits per heavy atom. The van der Waals surface area contributed by atoms with Crippen molar-refractivity contribution in [3.63, 3.8) is 0 Å². The Bertz CT molecular complexity index is 775. The number of aromatic nitrogens is 2. The Balaban J connectivity index is 1.73. The molecule has 0 spiro atoms. The SMILES string of the molecule is O=C(O)NCCCCNS(=O)(=O)c1ccc(CNCc2ncc[nH]2)cc1. The second-order valence-electron chi connectivity index (χ2n) is 5.62. The van der Waals surface area contributed by atoms with Crippen LogP contribution in [-0.4, -0.2) is 42.7 Å². The molecule has 142 valence electrons. The first-order valence-corrected chi connectivity index (χ1v) is 9.70. The van der Waals surface area contributed by atoms with Crippen LogP contribution < -0.4 is 15.4 Å². The fourth-order valence-corrected chi connectivity index (χ4v) is 3.32. The second kappa shape index (κ2) is 9.90. The molecule has 0 saturated heterocycles. The van der Waals surface area contributed by atoms with Crippen LogP contribution in [0, 0.1) is 0 Å². The molecule has 0 saturated carbocycles. The molecule has 0 aliphatic carbocycles. The molecule has 0 bridgehead atoms. The number of sulfonamides is 1. The molecule has 2 aromatic rings. The lowest BCUT2D eigenvalue weighted by molar-refractivity contribution is 0.194. The van der Waals surface area contributed by atoms with Gasteiger partial charge in [-0.3, -0.25) is 0 Å². The molecule has 2 rings (SSSR count). The molecular weight excluding hydrogens is 358 g/mol. The van der Waals surface area contributed by atoms with Crippen molar-refractivity contribution in [2.45, 2.75) is 30.8 Å². The summed E-state index contributed by atoms with van der Waals surface area (Å²) in [4.78, 5) is 17.6. The van der Waals surface area contributed by atoms with Crippen molar-refractivity contribution in [1.29, 1.82) is 0 Å². The lowest BCUT2D eigenvalue weighted by Crippen LogP contribution is -2.26. The Labute approximate surface area is 152 Å². The summed E-state index contributed by atoms with van der Waals surface area (Å²) < 4.78 is 26.9. The highest BCUT2D eigenvalue weighted by Crippen LogP contribution is 2.10. The largest absolute Gasteiger partial charge is 0.465 e. The summed E-state index contributed by atoms with van der Waals surface area (Å²) in [6, 6.07) is 6.66. The van der Waals surface area contributed by atoms with E-state index in [1.165, 1.54) is 0 Å². The van der Waals surface area contributed by atoms with Crippen LogP contribution in [-0.2, 0) is 23.1 Å². The highest BCUT2D eigenvalue weighted by molar-refractivity contribution is 7.89. The van der Waals surface area contributed by atoms with Crippen LogP contribution in [0.4, 0.5) is 4.79 Å². The molecule has 0 aliphatic heterocycles. The molecule has 0 fully saturated rings. The van der Waals surface area contributed by atoms with Gasteiger partial charge in [0.05, 0.1) is 11.4 Å². The van der Waals surface area contributed by atoms with Gasteiger partial charge in [-0.15, -0.1) is 0 Å². The predicted octanol–water partition coefficient (Wildman–Crippen LogP) is 1.03. The minimum absolute atomic E-state index is 0.205. The molecule has 1 aromatic carbocycles. The van der Waals surface area contributed by atoms with Gasteiger partial charge in [-0.2, -0.15) is 0 Å². The number of carboxylic acid groups (broad SMARTS) is 1. The van der Waals surface area contributed by atoms with Crippen molar-refractivity contribution in [3.05, 3.63) is 48.0 Å². The molecule has 1 amide bonds. The Kier molecular flexibility index (Phi) is 7.57. The first kappa shape index (κ1) is 19.9. The van der Waals surface area contributed by atoms with E-state index in [1.807, 2.05) is 0 Å². The van der Waals surface area contributed by atoms with Gasteiger partial charge in [0.1, 0.15) is 5.82 Å². The third kappa shape index (κ3) is 6.82. The number of carbonyl (C=O) groups is 1. The number of rotatable bonds is 11. The monoisotopic (exact) mass is 381 g/mol. The number of nitrogens with one attached hydrogen (secondary N) is 4. The maximum Gasteiger partial charge on any atom is 0.404 e. The first-order valence-electron chi connectivity index (χ1n) is 8.22. The zero-order valence-corrected chi connectivity index (χ0v) is 15.1. The highest BCUT2D eigenvalue weighted by Gasteiger charge is 2.12. The number of hydrogen-bond acceptors (Lipinski definition) is 5. The fourth-order valence-electron chi connectivity index (χ4n) is 2.24. The van der Waals surface area contributed by atoms with Gasteiger partial charge in [-0.1, -0.05) is 12.1 Å². The maximum absolute atomic E-state index is 12.2. The van der Waals surface area contributed by atoms with Crippen LogP contribution >= 0.6 is 0 Å². The molecular formula is C16H23N5O4S. The van der Waals surface area contributed by atoms with Gasteiger partial charge in [0.25, 0.3) is 0 Å². The summed E-state index contributed by atoms with van der Waals surface area (Å²) in [7, 11) is -3.56. The summed E-state index contributed by atoms with van der Waals surface area (Å²) in [5, 5.41) is 13.9. The van der Waals surface area contributed by atoms with E-state index in [1.54, 1.807) is 36.7 Å². The zero-order chi connectivity index (χ0) is 18.8. The number of unbranched alkanes of at least 4 members (excludes halogenated alkanes) is 1. The average Bonchev–Trinajstić information content (AvgIpc) is 3.12. The molecule has 0 radical (unpaired) electrons. The van der Waals surface area contributed by atoms with E-state index in [4.69, 9.17) is 5.11 Å². The summed E-state index contributed by atoms with van der Waals surface area (Å²) >= 11 is 0. The summed E-state index contributed by atoms with van der Waals surface area (Å²) in [5.74, 6) is 0.840. The van der Waals surface area contributed by atoms with E-state index in [0.29, 0.717) is 32.5 Å². The Hall–Kier alpha value is -2.43. The molecule has 1 heterocycles. The van der Waals surface area contributed by atoms with E-state index >= 15 is 0 Å². The van der Waals surface area contributed by atoms with Crippen LogP contribution in [0.25, 0.3) is 0 Å². The van der Waals surface area contributed by atoms with Crippen molar-refractivity contribution >= 4 is 16.1 Å². The van der Waals surface area contributed by atoms with Crippen molar-refractivity contribution in [2.24, 2.45) is 0 Å². The smallest absolute Gasteiger partial charge is 0.404 e. The van der Waals surface area contributed by atoms with E-state index < -0.39 is 16.1 Å². The maximum atomic E-state index is 12.2. The van der Waals surface area contributed by atoms with Gasteiger partial charge >= 0.3 is 6.09 Å². The van der Waals surface area contributed by atoms with E-state index in [9.17, 15) is 13.2 Å². The normalized spacial score (nSPS) is 11.4. The number of nitrogens with zero attached hydrogens (tertiary/aromatic N) is 1. The molecule has 0 atom stereocenters. The van der Waals surface area contributed by atoms with Crippen LogP contribution in [0.1, 0.15) is 24.2 Å². The molecule has 26 heavy (non-hydrogen) atoms. The summed E-state index contributed by atoms with van der Waals surface area (Å²) in [6.07, 6.45) is 3.48. The van der Waals surface area contributed by atoms with E-state index in [2.05, 4.69) is 25.3 Å². The van der Waals surface area contributed by atoms with Crippen LogP contribution in [0.5, 0.6) is 0 Å². The number of imidazole rings is 1. The van der Waals surface area contributed by atoms with Crippen LogP contribution in [0.2, 0.25) is 0 Å². The Morgan fingerprint density at radius 2 is 1.85 bits per heavy atom. The summed E-state index contributed by atoms with van der Waals surface area (Å²) in [5.41, 5.74) is 0.968. The molecule has 0 unspecified atom stereocenters. The minimum atomic E-state index is -3.56. The lowest BCUT2D eigenvalue weighted by atomic mass is 10.2. The summed E-state index contributed by atoms with van der Waals surface area (Å²) in [6.45, 7) is 1.77. The topological polar surface area (TPSA) is 136 Å². The quantitative estimate of drug-likeness (QED) is 0.369. The molecule has 5 N–H and O–H groups in total. The van der Waals surface area contributed by atoms with Gasteiger partial charge < -0.3 is 20.7 Å². The number of H-pyrrole nitrogens is 1. The van der Waals surface area contributed by atoms with E-state index in [-0.39, 0.29) is 11.4 Å². The predicted molar refractivity (Wildman–Crippen MR) is 96.0 cm³/mol. The van der Waals surface area contributed by atoms with Gasteiger partial charge in [0, 0.05) is 32.0 Å². The van der Waals surface area contributed by atoms with Crippen molar-refractivity contribution < 1.29 is 18.3 Å². The third-order valence-electron chi connectivity index (χ3n) is 3.58. The Morgan fingerprint density at radius 3 is 2.50 bits per heavy atom. The van der Waals surface area contributed by atoms with Crippen LogP contribution in [0.3, 0.4) is 0 Å². The zero-order valence-electron chi connectivity index (χ0n) is 14.2. The van der Waals surface area contributed by atoms with Gasteiger partial charge in [0.15, 0.2) is 0 Å². The molecule has 9 nitrogen and oxygen atoms in total.